The highest BCUT2D eigenvalue weighted by molar-refractivity contribution is 5.00. The van der Waals surface area contributed by atoms with E-state index < -0.39 is 0 Å². The van der Waals surface area contributed by atoms with Crippen LogP contribution >= 0.6 is 0 Å². The molecule has 0 aromatic rings. The van der Waals surface area contributed by atoms with Crippen molar-refractivity contribution in [2.24, 2.45) is 5.92 Å². The molecular formula is C18H31O2. The molecule has 3 rings (SSSR count). The lowest BCUT2D eigenvalue weighted by molar-refractivity contribution is -0.0299. The maximum atomic E-state index is 6.05. The largest absolute Gasteiger partial charge is 0.378 e. The molecule has 20 heavy (non-hydrogen) atoms. The number of hydrogen-bond donors (Lipinski definition) is 0. The minimum Gasteiger partial charge on any atom is -0.378 e. The fraction of sp³-hybridized carbons (Fsp3) is 0.944. The third-order valence-corrected chi connectivity index (χ3v) is 5.53. The van der Waals surface area contributed by atoms with Crippen LogP contribution in [0.5, 0.6) is 0 Å². The van der Waals surface area contributed by atoms with Crippen LogP contribution in [0.4, 0.5) is 0 Å². The summed E-state index contributed by atoms with van der Waals surface area (Å²) in [5.41, 5.74) is 0. The first-order chi connectivity index (χ1) is 9.93. The molecule has 3 atom stereocenters. The average Bonchev–Trinajstić information content (AvgIpc) is 2.49. The van der Waals surface area contributed by atoms with Crippen LogP contribution in [0.1, 0.15) is 77.0 Å². The molecule has 0 aromatic carbocycles. The Morgan fingerprint density at radius 3 is 2.20 bits per heavy atom. The van der Waals surface area contributed by atoms with Crippen LogP contribution in [0, 0.1) is 11.8 Å². The summed E-state index contributed by atoms with van der Waals surface area (Å²) in [7, 11) is 0. The molecule has 0 amide bonds. The standard InChI is InChI=1S/C18H31O2/c1-2-8-16(18-10-4-6-14-20-18)12-11-15(7-1)17-9-3-5-13-19-17/h15,17-18H,1-14H2. The van der Waals surface area contributed by atoms with Crippen molar-refractivity contribution in [3.05, 3.63) is 5.92 Å². The molecule has 2 heteroatoms. The van der Waals surface area contributed by atoms with Gasteiger partial charge >= 0.3 is 0 Å². The van der Waals surface area contributed by atoms with Crippen LogP contribution in [0.25, 0.3) is 0 Å². The molecule has 1 saturated carbocycles. The summed E-state index contributed by atoms with van der Waals surface area (Å²) >= 11 is 0. The minimum atomic E-state index is 0.495. The van der Waals surface area contributed by atoms with Gasteiger partial charge in [-0.3, -0.25) is 0 Å². The highest BCUT2D eigenvalue weighted by Crippen LogP contribution is 2.37. The summed E-state index contributed by atoms with van der Waals surface area (Å²) in [5, 5.41) is 0. The van der Waals surface area contributed by atoms with Crippen LogP contribution in [0.15, 0.2) is 0 Å². The van der Waals surface area contributed by atoms with Crippen molar-refractivity contribution >= 4 is 0 Å². The van der Waals surface area contributed by atoms with E-state index in [0.29, 0.717) is 12.2 Å². The topological polar surface area (TPSA) is 18.5 Å². The van der Waals surface area contributed by atoms with E-state index in [2.05, 4.69) is 0 Å². The fourth-order valence-electron chi connectivity index (χ4n) is 4.29. The van der Waals surface area contributed by atoms with Gasteiger partial charge in [0, 0.05) is 19.1 Å². The normalized spacial score (nSPS) is 38.1. The Balaban J connectivity index is 1.52. The lowest BCUT2D eigenvalue weighted by Gasteiger charge is -2.36. The first-order valence-corrected chi connectivity index (χ1v) is 9.01. The minimum absolute atomic E-state index is 0.495. The van der Waals surface area contributed by atoms with Crippen molar-refractivity contribution in [3.8, 4) is 0 Å². The second-order valence-corrected chi connectivity index (χ2v) is 6.96. The third-order valence-electron chi connectivity index (χ3n) is 5.53. The molecule has 1 aliphatic carbocycles. The van der Waals surface area contributed by atoms with E-state index in [1.54, 1.807) is 5.92 Å². The maximum Gasteiger partial charge on any atom is 0.0637 e. The second-order valence-electron chi connectivity index (χ2n) is 6.96. The quantitative estimate of drug-likeness (QED) is 0.731. The molecule has 2 nitrogen and oxygen atoms in total. The predicted octanol–water partition coefficient (Wildman–Crippen LogP) is 4.67. The maximum absolute atomic E-state index is 6.05. The molecule has 0 bridgehead atoms. The van der Waals surface area contributed by atoms with Gasteiger partial charge in [0.1, 0.15) is 0 Å². The second kappa shape index (κ2) is 7.79. The summed E-state index contributed by atoms with van der Waals surface area (Å²) in [5.74, 6) is 2.54. The summed E-state index contributed by atoms with van der Waals surface area (Å²) in [6.45, 7) is 1.99. The SMILES string of the molecule is C1CCC([C]2CCCCC(C3CCCCO3)CC2)OC1. The lowest BCUT2D eigenvalue weighted by atomic mass is 9.78. The average molecular weight is 279 g/mol. The van der Waals surface area contributed by atoms with Gasteiger partial charge in [0.15, 0.2) is 0 Å². The van der Waals surface area contributed by atoms with Gasteiger partial charge in [-0.15, -0.1) is 0 Å². The first kappa shape index (κ1) is 14.8. The van der Waals surface area contributed by atoms with E-state index in [4.69, 9.17) is 9.47 Å². The van der Waals surface area contributed by atoms with Gasteiger partial charge in [0.2, 0.25) is 0 Å². The lowest BCUT2D eigenvalue weighted by Crippen LogP contribution is -2.32. The van der Waals surface area contributed by atoms with Crippen molar-refractivity contribution in [1.29, 1.82) is 0 Å². The fourth-order valence-corrected chi connectivity index (χ4v) is 4.29. The van der Waals surface area contributed by atoms with E-state index in [9.17, 15) is 0 Å². The molecule has 2 saturated heterocycles. The van der Waals surface area contributed by atoms with Gasteiger partial charge < -0.3 is 9.47 Å². The molecular weight excluding hydrogens is 248 g/mol. The van der Waals surface area contributed by atoms with Crippen LogP contribution < -0.4 is 0 Å². The van der Waals surface area contributed by atoms with Gasteiger partial charge in [-0.1, -0.05) is 12.8 Å². The summed E-state index contributed by atoms with van der Waals surface area (Å²) < 4.78 is 12.1. The van der Waals surface area contributed by atoms with Crippen molar-refractivity contribution in [2.45, 2.75) is 89.3 Å². The van der Waals surface area contributed by atoms with E-state index in [1.165, 1.54) is 77.0 Å². The number of ether oxygens (including phenoxy) is 2. The zero-order valence-electron chi connectivity index (χ0n) is 12.9. The first-order valence-electron chi connectivity index (χ1n) is 9.01. The Hall–Kier alpha value is -0.0800. The van der Waals surface area contributed by atoms with Crippen LogP contribution in [-0.2, 0) is 9.47 Å². The zero-order chi connectivity index (χ0) is 13.6. The zero-order valence-corrected chi connectivity index (χ0v) is 12.9. The van der Waals surface area contributed by atoms with E-state index >= 15 is 0 Å². The number of rotatable bonds is 2. The van der Waals surface area contributed by atoms with Gasteiger partial charge in [-0.25, -0.2) is 0 Å². The Labute approximate surface area is 124 Å². The van der Waals surface area contributed by atoms with Gasteiger partial charge in [-0.05, 0) is 70.1 Å². The molecule has 0 N–H and O–H groups in total. The van der Waals surface area contributed by atoms with Crippen LogP contribution in [0.2, 0.25) is 0 Å². The summed E-state index contributed by atoms with van der Waals surface area (Å²) in [6, 6.07) is 0. The van der Waals surface area contributed by atoms with Crippen molar-refractivity contribution in [3.63, 3.8) is 0 Å². The number of hydrogen-bond acceptors (Lipinski definition) is 2. The van der Waals surface area contributed by atoms with Crippen LogP contribution in [0.3, 0.4) is 0 Å². The van der Waals surface area contributed by atoms with Crippen molar-refractivity contribution in [1.82, 2.24) is 0 Å². The molecule has 0 aromatic heterocycles. The summed E-state index contributed by atoms with van der Waals surface area (Å²) in [4.78, 5) is 0. The smallest absolute Gasteiger partial charge is 0.0637 e. The van der Waals surface area contributed by atoms with E-state index in [0.717, 1.165) is 19.1 Å². The Morgan fingerprint density at radius 2 is 1.45 bits per heavy atom. The van der Waals surface area contributed by atoms with Crippen molar-refractivity contribution in [2.75, 3.05) is 13.2 Å². The Bertz CT molecular complexity index is 239. The Kier molecular flexibility index (Phi) is 5.78. The Morgan fingerprint density at radius 1 is 0.650 bits per heavy atom. The molecule has 3 unspecified atom stereocenters. The third kappa shape index (κ3) is 3.98. The van der Waals surface area contributed by atoms with Crippen molar-refractivity contribution < 1.29 is 9.47 Å². The molecule has 1 radical (unpaired) electrons. The highest BCUT2D eigenvalue weighted by atomic mass is 16.5. The molecule has 0 spiro atoms. The highest BCUT2D eigenvalue weighted by Gasteiger charge is 2.30. The molecule has 3 aliphatic rings. The molecule has 2 heterocycles. The predicted molar refractivity (Wildman–Crippen MR) is 81.6 cm³/mol. The summed E-state index contributed by atoms with van der Waals surface area (Å²) in [6.07, 6.45) is 17.1. The monoisotopic (exact) mass is 279 g/mol. The molecule has 2 aliphatic heterocycles. The van der Waals surface area contributed by atoms with Crippen LogP contribution in [-0.4, -0.2) is 25.4 Å². The molecule has 3 fully saturated rings. The van der Waals surface area contributed by atoms with Gasteiger partial charge in [0.25, 0.3) is 0 Å². The molecule has 115 valence electrons. The van der Waals surface area contributed by atoms with Gasteiger partial charge in [-0.2, -0.15) is 0 Å². The van der Waals surface area contributed by atoms with E-state index in [1.807, 2.05) is 0 Å². The van der Waals surface area contributed by atoms with Gasteiger partial charge in [0.05, 0.1) is 12.2 Å². The van der Waals surface area contributed by atoms with E-state index in [-0.39, 0.29) is 0 Å².